The van der Waals surface area contributed by atoms with Gasteiger partial charge in [0.05, 0.1) is 15.2 Å². The van der Waals surface area contributed by atoms with Gasteiger partial charge in [-0.25, -0.2) is 4.79 Å². The zero-order chi connectivity index (χ0) is 36.1. The van der Waals surface area contributed by atoms with Gasteiger partial charge in [0.25, 0.3) is 32.1 Å². The molecule has 0 aliphatic carbocycles. The lowest BCUT2D eigenvalue weighted by Crippen LogP contribution is -2.32. The first-order valence-corrected chi connectivity index (χ1v) is 18.8. The van der Waals surface area contributed by atoms with Crippen molar-refractivity contribution in [3.05, 3.63) is 71.5 Å². The van der Waals surface area contributed by atoms with Gasteiger partial charge in [-0.15, -0.1) is 5.06 Å². The van der Waals surface area contributed by atoms with Crippen molar-refractivity contribution in [3.63, 3.8) is 0 Å². The summed E-state index contributed by atoms with van der Waals surface area (Å²) in [5.74, 6) is -1.89. The maximum atomic E-state index is 12.6. The average Bonchev–Trinajstić information content (AvgIpc) is 3.55. The van der Waals surface area contributed by atoms with Gasteiger partial charge in [-0.2, -0.15) is 21.4 Å². The monoisotopic (exact) mass is 714 g/mol. The predicted octanol–water partition coefficient (Wildman–Crippen LogP) is 4.59. The number of benzene rings is 2. The molecule has 2 aromatic carbocycles. The number of anilines is 1. The van der Waals surface area contributed by atoms with Crippen molar-refractivity contribution in [3.8, 4) is 0 Å². The number of amides is 2. The van der Waals surface area contributed by atoms with E-state index in [1.54, 1.807) is 12.1 Å². The molecule has 49 heavy (non-hydrogen) atoms. The molecule has 0 bridgehead atoms. The fraction of sp³-hybridized carbons (Fsp3) is 0.412. The smallest absolute Gasteiger partial charge is 0.333 e. The van der Waals surface area contributed by atoms with Gasteiger partial charge in [0.1, 0.15) is 6.54 Å². The summed E-state index contributed by atoms with van der Waals surface area (Å²) in [6.45, 7) is 10.9. The number of hydrogen-bond donors (Lipinski definition) is 2. The van der Waals surface area contributed by atoms with E-state index in [0.29, 0.717) is 30.1 Å². The van der Waals surface area contributed by atoms with Crippen LogP contribution in [0.1, 0.15) is 77.8 Å². The molecule has 2 amide bonds. The van der Waals surface area contributed by atoms with Crippen LogP contribution >= 0.6 is 0 Å². The third kappa shape index (κ3) is 6.59. The highest BCUT2D eigenvalue weighted by molar-refractivity contribution is 7.86. The number of fused-ring (bicyclic) bond motifs is 2. The first kappa shape index (κ1) is 36.1. The summed E-state index contributed by atoms with van der Waals surface area (Å²) < 4.78 is 69.7. The van der Waals surface area contributed by atoms with Gasteiger partial charge in [0.2, 0.25) is 5.69 Å². The molecule has 1 saturated heterocycles. The standard InChI is InChI=1S/C34H39N3O10S2/c1-6-35-26-15-13-22(48(41,42)43)20-24(26)33(3,4)28(35)10-8-11-29-34(5,19-9-12-32(40)47-37-30(38)17-18-31(37)39)25-21-23(49(44,45)46)14-16-27(25)36(29)7-2/h8,10-11,13-16,20-21H,6-7,9,12,17-19H2,1-5H3,(H-,41,42,43,44,45,46)/p+1. The minimum absolute atomic E-state index is 0.0182. The van der Waals surface area contributed by atoms with Crippen LogP contribution < -0.4 is 4.90 Å². The lowest BCUT2D eigenvalue weighted by molar-refractivity contribution is -0.433. The normalized spacial score (nSPS) is 21.3. The van der Waals surface area contributed by atoms with Crippen LogP contribution in [0.2, 0.25) is 0 Å². The van der Waals surface area contributed by atoms with Gasteiger partial charge in [0, 0.05) is 60.3 Å². The third-order valence-corrected chi connectivity index (χ3v) is 11.3. The highest BCUT2D eigenvalue weighted by Gasteiger charge is 2.46. The molecule has 3 aliphatic heterocycles. The van der Waals surface area contributed by atoms with E-state index in [1.165, 1.54) is 24.3 Å². The summed E-state index contributed by atoms with van der Waals surface area (Å²) in [5.41, 5.74) is 3.16. The lowest BCUT2D eigenvalue weighted by Gasteiger charge is -2.30. The van der Waals surface area contributed by atoms with E-state index in [9.17, 15) is 40.3 Å². The van der Waals surface area contributed by atoms with E-state index in [1.807, 2.05) is 57.7 Å². The molecular formula is C34H40N3O10S2+. The lowest BCUT2D eigenvalue weighted by atomic mass is 9.77. The van der Waals surface area contributed by atoms with Crippen LogP contribution in [-0.4, -0.2) is 72.2 Å². The van der Waals surface area contributed by atoms with Gasteiger partial charge in [0.15, 0.2) is 5.71 Å². The summed E-state index contributed by atoms with van der Waals surface area (Å²) >= 11 is 0. The number of imide groups is 1. The SMILES string of the molecule is CCN1C(=CC=CC2=[N+](CC)c3ccc(S(=O)(=O)O)cc3C2(C)C)C(C)(CCCC(=O)ON2C(=O)CCC2=O)c2cc(S(=O)(=O)O)ccc21. The zero-order valence-corrected chi connectivity index (χ0v) is 29.6. The van der Waals surface area contributed by atoms with Gasteiger partial charge in [-0.3, -0.25) is 18.7 Å². The molecule has 13 nitrogen and oxygen atoms in total. The Morgan fingerprint density at radius 1 is 0.939 bits per heavy atom. The Morgan fingerprint density at radius 3 is 2.10 bits per heavy atom. The van der Waals surface area contributed by atoms with E-state index in [4.69, 9.17) is 4.84 Å². The van der Waals surface area contributed by atoms with Crippen molar-refractivity contribution in [2.24, 2.45) is 0 Å². The molecule has 5 rings (SSSR count). The molecule has 0 aromatic heterocycles. The largest absolute Gasteiger partial charge is 0.344 e. The third-order valence-electron chi connectivity index (χ3n) is 9.57. The Bertz CT molecular complexity index is 2050. The van der Waals surface area contributed by atoms with Gasteiger partial charge in [-0.05, 0) is 89.4 Å². The number of nitrogens with zero attached hydrogens (tertiary/aromatic N) is 3. The molecule has 262 valence electrons. The van der Waals surface area contributed by atoms with Crippen LogP contribution in [0.3, 0.4) is 0 Å². The fourth-order valence-electron chi connectivity index (χ4n) is 7.07. The summed E-state index contributed by atoms with van der Waals surface area (Å²) in [6, 6.07) is 8.96. The molecule has 0 radical (unpaired) electrons. The summed E-state index contributed by atoms with van der Waals surface area (Å²) in [4.78, 5) is 43.1. The van der Waals surface area contributed by atoms with E-state index < -0.39 is 48.8 Å². The number of hydroxylamine groups is 2. The quantitative estimate of drug-likeness (QED) is 0.189. The van der Waals surface area contributed by atoms with Crippen molar-refractivity contribution in [2.75, 3.05) is 18.0 Å². The average molecular weight is 715 g/mol. The zero-order valence-electron chi connectivity index (χ0n) is 28.0. The van der Waals surface area contributed by atoms with E-state index >= 15 is 0 Å². The van der Waals surface area contributed by atoms with Crippen molar-refractivity contribution in [1.82, 2.24) is 5.06 Å². The molecule has 3 aliphatic rings. The first-order valence-electron chi connectivity index (χ1n) is 16.0. The highest BCUT2D eigenvalue weighted by atomic mass is 32.2. The first-order chi connectivity index (χ1) is 22.8. The van der Waals surface area contributed by atoms with Crippen LogP contribution in [0, 0.1) is 0 Å². The van der Waals surface area contributed by atoms with Crippen LogP contribution in [-0.2, 0) is 50.3 Å². The Hall–Kier alpha value is -4.18. The number of carbonyl (C=O) groups is 3. The van der Waals surface area contributed by atoms with Crippen LogP contribution in [0.5, 0.6) is 0 Å². The van der Waals surface area contributed by atoms with Crippen molar-refractivity contribution < 1.29 is 49.7 Å². The van der Waals surface area contributed by atoms with Crippen LogP contribution in [0.15, 0.2) is 70.1 Å². The van der Waals surface area contributed by atoms with E-state index in [0.717, 1.165) is 28.3 Å². The minimum Gasteiger partial charge on any atom is -0.344 e. The maximum absolute atomic E-state index is 12.6. The molecule has 2 N–H and O–H groups in total. The Labute approximate surface area is 286 Å². The molecule has 1 unspecified atom stereocenters. The second-order valence-electron chi connectivity index (χ2n) is 12.9. The van der Waals surface area contributed by atoms with Crippen molar-refractivity contribution in [2.45, 2.75) is 87.3 Å². The van der Waals surface area contributed by atoms with Crippen LogP contribution in [0.25, 0.3) is 0 Å². The summed E-state index contributed by atoms with van der Waals surface area (Å²) in [5, 5.41) is 0.506. The molecule has 3 heterocycles. The van der Waals surface area contributed by atoms with Crippen molar-refractivity contribution in [1.29, 1.82) is 0 Å². The number of hydrogen-bond acceptors (Lipinski definition) is 9. The second-order valence-corrected chi connectivity index (χ2v) is 15.8. The molecular weight excluding hydrogens is 675 g/mol. The summed E-state index contributed by atoms with van der Waals surface area (Å²) in [6.07, 6.45) is 6.18. The number of allylic oxidation sites excluding steroid dienone is 4. The highest BCUT2D eigenvalue weighted by Crippen LogP contribution is 2.51. The second kappa shape index (κ2) is 12.9. The molecule has 0 spiro atoms. The summed E-state index contributed by atoms with van der Waals surface area (Å²) in [7, 11) is -8.92. The van der Waals surface area contributed by atoms with Crippen LogP contribution in [0.4, 0.5) is 11.4 Å². The van der Waals surface area contributed by atoms with Gasteiger partial charge >= 0.3 is 5.97 Å². The number of rotatable bonds is 11. The molecule has 2 aromatic rings. The molecule has 0 saturated carbocycles. The van der Waals surface area contributed by atoms with Gasteiger partial charge < -0.3 is 9.74 Å². The Morgan fingerprint density at radius 2 is 1.53 bits per heavy atom. The Balaban J connectivity index is 1.50. The number of carbonyl (C=O) groups excluding carboxylic acids is 3. The topological polar surface area (TPSA) is 179 Å². The predicted molar refractivity (Wildman–Crippen MR) is 180 cm³/mol. The number of likely N-dealkylation sites (N-methyl/N-ethyl adjacent to an activating group) is 1. The molecule has 1 atom stereocenters. The van der Waals surface area contributed by atoms with Crippen molar-refractivity contribution >= 4 is 55.1 Å². The van der Waals surface area contributed by atoms with E-state index in [2.05, 4.69) is 4.58 Å². The minimum atomic E-state index is -4.52. The molecule has 15 heteroatoms. The maximum Gasteiger partial charge on any atom is 0.333 e. The Kier molecular flexibility index (Phi) is 9.53. The fourth-order valence-corrected chi connectivity index (χ4v) is 8.09. The molecule has 1 fully saturated rings. The van der Waals surface area contributed by atoms with E-state index in [-0.39, 0.29) is 35.5 Å². The van der Waals surface area contributed by atoms with Gasteiger partial charge in [-0.1, -0.05) is 6.08 Å².